The maximum Gasteiger partial charge on any atom is 0.339 e. The molecule has 186 valence electrons. The van der Waals surface area contributed by atoms with Crippen LogP contribution in [0.1, 0.15) is 49.7 Å². The standard InChI is InChI=1S/C30H31NO5/c1-19-22(10-11-28(32)31-14-13-30(34)12-6-5-9-21(30)17-31)29(33)36-27-16-26-24(15-23(19)27)25(18-35-26)20-7-3-2-4-8-20/h2-4,7-8,15-16,18,21,34H,5-6,9-14,17H2,1H3/t21-,30-/m0/s1. The highest BCUT2D eigenvalue weighted by atomic mass is 16.4. The quantitative estimate of drug-likeness (QED) is 0.380. The number of aliphatic hydroxyl groups is 1. The van der Waals surface area contributed by atoms with Crippen LogP contribution >= 0.6 is 0 Å². The van der Waals surface area contributed by atoms with Gasteiger partial charge in [0.15, 0.2) is 0 Å². The molecule has 2 aromatic heterocycles. The molecule has 6 heteroatoms. The summed E-state index contributed by atoms with van der Waals surface area (Å²) in [7, 11) is 0. The van der Waals surface area contributed by atoms with Gasteiger partial charge >= 0.3 is 5.63 Å². The Morgan fingerprint density at radius 2 is 1.94 bits per heavy atom. The van der Waals surface area contributed by atoms with Crippen molar-refractivity contribution in [1.82, 2.24) is 4.90 Å². The average Bonchev–Trinajstić information content (AvgIpc) is 3.30. The van der Waals surface area contributed by atoms with Crippen molar-refractivity contribution in [1.29, 1.82) is 0 Å². The van der Waals surface area contributed by atoms with E-state index < -0.39 is 11.2 Å². The van der Waals surface area contributed by atoms with E-state index in [0.717, 1.165) is 53.1 Å². The van der Waals surface area contributed by atoms with E-state index in [2.05, 4.69) is 0 Å². The summed E-state index contributed by atoms with van der Waals surface area (Å²) in [6, 6.07) is 13.8. The summed E-state index contributed by atoms with van der Waals surface area (Å²) in [6.07, 6.45) is 6.96. The smallest absolute Gasteiger partial charge is 0.339 e. The molecule has 0 unspecified atom stereocenters. The van der Waals surface area contributed by atoms with Crippen LogP contribution in [0.2, 0.25) is 0 Å². The number of fused-ring (bicyclic) bond motifs is 3. The van der Waals surface area contributed by atoms with Crippen molar-refractivity contribution in [3.8, 4) is 11.1 Å². The predicted molar refractivity (Wildman–Crippen MR) is 139 cm³/mol. The third kappa shape index (κ3) is 3.94. The lowest BCUT2D eigenvalue weighted by Crippen LogP contribution is -2.54. The first-order valence-electron chi connectivity index (χ1n) is 13.0. The largest absolute Gasteiger partial charge is 0.464 e. The predicted octanol–water partition coefficient (Wildman–Crippen LogP) is 5.60. The van der Waals surface area contributed by atoms with Gasteiger partial charge in [0.1, 0.15) is 11.2 Å². The number of benzene rings is 2. The summed E-state index contributed by atoms with van der Waals surface area (Å²) in [6.45, 7) is 3.12. The summed E-state index contributed by atoms with van der Waals surface area (Å²) < 4.78 is 11.5. The van der Waals surface area contributed by atoms with Gasteiger partial charge in [0.2, 0.25) is 5.91 Å². The van der Waals surface area contributed by atoms with Crippen LogP contribution < -0.4 is 5.63 Å². The van der Waals surface area contributed by atoms with E-state index in [1.165, 1.54) is 0 Å². The van der Waals surface area contributed by atoms with Crippen molar-refractivity contribution >= 4 is 27.8 Å². The van der Waals surface area contributed by atoms with E-state index >= 15 is 0 Å². The number of carbonyl (C=O) groups excluding carboxylic acids is 1. The summed E-state index contributed by atoms with van der Waals surface area (Å²) in [5, 5.41) is 12.7. The number of rotatable bonds is 4. The van der Waals surface area contributed by atoms with E-state index in [-0.39, 0.29) is 18.2 Å². The van der Waals surface area contributed by atoms with Crippen molar-refractivity contribution in [2.24, 2.45) is 5.92 Å². The Labute approximate surface area is 209 Å². The molecular weight excluding hydrogens is 454 g/mol. The third-order valence-corrected chi connectivity index (χ3v) is 8.44. The van der Waals surface area contributed by atoms with Gasteiger partial charge in [0.05, 0.1) is 11.9 Å². The van der Waals surface area contributed by atoms with Crippen LogP contribution in [0.4, 0.5) is 0 Å². The number of amides is 1. The molecule has 2 aromatic carbocycles. The summed E-state index contributed by atoms with van der Waals surface area (Å²) >= 11 is 0. The lowest BCUT2D eigenvalue weighted by atomic mass is 9.71. The van der Waals surface area contributed by atoms with Gasteiger partial charge in [-0.25, -0.2) is 4.79 Å². The molecule has 0 bridgehead atoms. The number of hydrogen-bond acceptors (Lipinski definition) is 5. The van der Waals surface area contributed by atoms with E-state index in [4.69, 9.17) is 8.83 Å². The average molecular weight is 486 g/mol. The Morgan fingerprint density at radius 3 is 2.78 bits per heavy atom. The SMILES string of the molecule is Cc1c(CCC(=O)N2CC[C@@]3(O)CCCC[C@H]3C2)c(=O)oc2cc3occ(-c4ccccc4)c3cc12. The molecule has 6 nitrogen and oxygen atoms in total. The monoisotopic (exact) mass is 485 g/mol. The molecule has 1 aliphatic carbocycles. The zero-order valence-corrected chi connectivity index (χ0v) is 20.6. The molecule has 6 rings (SSSR count). The summed E-state index contributed by atoms with van der Waals surface area (Å²) in [5.74, 6) is 0.200. The van der Waals surface area contributed by atoms with Crippen LogP contribution in [0.5, 0.6) is 0 Å². The van der Waals surface area contributed by atoms with Crippen molar-refractivity contribution in [3.63, 3.8) is 0 Å². The molecule has 4 aromatic rings. The Hall–Kier alpha value is -3.38. The molecule has 1 amide bonds. The molecule has 2 fully saturated rings. The minimum Gasteiger partial charge on any atom is -0.464 e. The topological polar surface area (TPSA) is 83.9 Å². The number of likely N-dealkylation sites (tertiary alicyclic amines) is 1. The van der Waals surface area contributed by atoms with Crippen molar-refractivity contribution < 1.29 is 18.7 Å². The molecule has 1 aliphatic heterocycles. The molecule has 0 radical (unpaired) electrons. The van der Waals surface area contributed by atoms with E-state index in [1.54, 1.807) is 12.3 Å². The Balaban J connectivity index is 1.26. The lowest BCUT2D eigenvalue weighted by molar-refractivity contribution is -0.143. The minimum atomic E-state index is -0.609. The van der Waals surface area contributed by atoms with Crippen molar-refractivity contribution in [2.75, 3.05) is 13.1 Å². The van der Waals surface area contributed by atoms with Crippen LogP contribution in [-0.2, 0) is 11.2 Å². The van der Waals surface area contributed by atoms with Gasteiger partial charge in [-0.3, -0.25) is 4.79 Å². The zero-order valence-electron chi connectivity index (χ0n) is 20.6. The Morgan fingerprint density at radius 1 is 1.11 bits per heavy atom. The third-order valence-electron chi connectivity index (χ3n) is 8.44. The number of nitrogens with zero attached hydrogens (tertiary/aromatic N) is 1. The number of aryl methyl sites for hydroxylation is 1. The number of hydrogen-bond donors (Lipinski definition) is 1. The van der Waals surface area contributed by atoms with Gasteiger partial charge in [-0.05, 0) is 49.8 Å². The highest BCUT2D eigenvalue weighted by Crippen LogP contribution is 2.40. The van der Waals surface area contributed by atoms with Gasteiger partial charge in [0.25, 0.3) is 0 Å². The van der Waals surface area contributed by atoms with E-state index in [9.17, 15) is 14.7 Å². The normalized spacial score (nSPS) is 22.2. The molecule has 2 atom stereocenters. The molecular formula is C30H31NO5. The highest BCUT2D eigenvalue weighted by molar-refractivity contribution is 6.02. The summed E-state index contributed by atoms with van der Waals surface area (Å²) in [4.78, 5) is 27.8. The van der Waals surface area contributed by atoms with Crippen molar-refractivity contribution in [2.45, 2.75) is 57.5 Å². The molecule has 3 heterocycles. The fourth-order valence-corrected chi connectivity index (χ4v) is 6.23. The number of carbonyl (C=O) groups is 1. The van der Waals surface area contributed by atoms with Crippen LogP contribution in [-0.4, -0.2) is 34.6 Å². The molecule has 0 spiro atoms. The van der Waals surface area contributed by atoms with E-state index in [0.29, 0.717) is 42.7 Å². The van der Waals surface area contributed by atoms with Crippen molar-refractivity contribution in [3.05, 3.63) is 70.3 Å². The van der Waals surface area contributed by atoms with Gasteiger partial charge < -0.3 is 18.8 Å². The second kappa shape index (κ2) is 8.93. The van der Waals surface area contributed by atoms with Gasteiger partial charge in [-0.2, -0.15) is 0 Å². The Kier molecular flexibility index (Phi) is 5.72. The fourth-order valence-electron chi connectivity index (χ4n) is 6.23. The molecule has 1 saturated heterocycles. The lowest BCUT2D eigenvalue weighted by Gasteiger charge is -2.47. The zero-order chi connectivity index (χ0) is 24.9. The highest BCUT2D eigenvalue weighted by Gasteiger charge is 2.43. The number of furan rings is 1. The van der Waals surface area contributed by atoms with Crippen LogP contribution in [0.25, 0.3) is 33.1 Å². The van der Waals surface area contributed by atoms with Gasteiger partial charge in [-0.1, -0.05) is 43.2 Å². The molecule has 1 saturated carbocycles. The fraction of sp³-hybridized carbons (Fsp3) is 0.400. The second-order valence-corrected chi connectivity index (χ2v) is 10.5. The van der Waals surface area contributed by atoms with Gasteiger partial charge in [-0.15, -0.1) is 0 Å². The Bertz CT molecular complexity index is 1500. The first-order chi connectivity index (χ1) is 17.4. The summed E-state index contributed by atoms with van der Waals surface area (Å²) in [5.41, 5.74) is 3.58. The number of piperidine rings is 1. The van der Waals surface area contributed by atoms with E-state index in [1.807, 2.05) is 48.2 Å². The first kappa shape index (κ1) is 23.0. The minimum absolute atomic E-state index is 0.0400. The molecule has 2 aliphatic rings. The second-order valence-electron chi connectivity index (χ2n) is 10.5. The van der Waals surface area contributed by atoms with Gasteiger partial charge in [0, 0.05) is 53.4 Å². The maximum absolute atomic E-state index is 13.1. The van der Waals surface area contributed by atoms with Crippen LogP contribution in [0.3, 0.4) is 0 Å². The maximum atomic E-state index is 13.1. The molecule has 36 heavy (non-hydrogen) atoms. The van der Waals surface area contributed by atoms with Crippen LogP contribution in [0.15, 0.2) is 62.4 Å². The first-order valence-corrected chi connectivity index (χ1v) is 13.0. The molecule has 1 N–H and O–H groups in total. The van der Waals surface area contributed by atoms with Crippen LogP contribution in [0, 0.1) is 12.8 Å².